The van der Waals surface area contributed by atoms with E-state index in [1.165, 1.54) is 24.3 Å². The Morgan fingerprint density at radius 3 is 2.52 bits per heavy atom. The van der Waals surface area contributed by atoms with Gasteiger partial charge in [-0.3, -0.25) is 4.79 Å². The molecule has 5 nitrogen and oxygen atoms in total. The maximum Gasteiger partial charge on any atom is 0.337 e. The molecule has 0 radical (unpaired) electrons. The molecule has 0 saturated heterocycles. The molecule has 0 spiro atoms. The van der Waals surface area contributed by atoms with Gasteiger partial charge in [0.1, 0.15) is 0 Å². The van der Waals surface area contributed by atoms with E-state index in [4.69, 9.17) is 22.4 Å². The van der Waals surface area contributed by atoms with E-state index in [1.807, 2.05) is 0 Å². The van der Waals surface area contributed by atoms with Crippen molar-refractivity contribution in [3.63, 3.8) is 0 Å². The van der Waals surface area contributed by atoms with Crippen molar-refractivity contribution in [3.05, 3.63) is 58.1 Å². The van der Waals surface area contributed by atoms with Gasteiger partial charge in [0.15, 0.2) is 0 Å². The van der Waals surface area contributed by atoms with Crippen LogP contribution in [0.2, 0.25) is 5.02 Å². The van der Waals surface area contributed by atoms with E-state index >= 15 is 0 Å². The fourth-order valence-corrected chi connectivity index (χ4v) is 1.94. The van der Waals surface area contributed by atoms with Crippen molar-refractivity contribution in [2.24, 2.45) is 0 Å². The number of nitrogens with two attached hydrogens (primary N) is 1. The predicted molar refractivity (Wildman–Crippen MR) is 82.0 cm³/mol. The molecule has 1 amide bonds. The highest BCUT2D eigenvalue weighted by Gasteiger charge is 2.14. The second-order valence-electron chi connectivity index (χ2n) is 4.54. The molecular formula is C15H13ClN2O3. The van der Waals surface area contributed by atoms with E-state index in [0.29, 0.717) is 10.6 Å². The first-order chi connectivity index (χ1) is 9.88. The molecule has 0 aliphatic carbocycles. The molecule has 4 N–H and O–H groups in total. The summed E-state index contributed by atoms with van der Waals surface area (Å²) in [6.45, 7) is 1.78. The number of halogens is 1. The van der Waals surface area contributed by atoms with Crippen molar-refractivity contribution in [2.75, 3.05) is 11.1 Å². The van der Waals surface area contributed by atoms with Crippen LogP contribution in [0, 0.1) is 6.92 Å². The lowest BCUT2D eigenvalue weighted by atomic mass is 10.1. The summed E-state index contributed by atoms with van der Waals surface area (Å²) in [5.41, 5.74) is 7.28. The van der Waals surface area contributed by atoms with E-state index < -0.39 is 11.9 Å². The highest BCUT2D eigenvalue weighted by atomic mass is 35.5. The van der Waals surface area contributed by atoms with Gasteiger partial charge in [0.05, 0.1) is 22.0 Å². The number of rotatable bonds is 3. The Bertz CT molecular complexity index is 729. The Morgan fingerprint density at radius 2 is 1.90 bits per heavy atom. The van der Waals surface area contributed by atoms with E-state index in [9.17, 15) is 9.59 Å². The molecule has 21 heavy (non-hydrogen) atoms. The minimum atomic E-state index is -1.11. The number of aryl methyl sites for hydroxylation is 1. The quantitative estimate of drug-likeness (QED) is 0.759. The van der Waals surface area contributed by atoms with E-state index in [1.54, 1.807) is 19.1 Å². The zero-order valence-corrected chi connectivity index (χ0v) is 11.9. The van der Waals surface area contributed by atoms with Gasteiger partial charge in [-0.25, -0.2) is 4.79 Å². The Morgan fingerprint density at radius 1 is 1.19 bits per heavy atom. The highest BCUT2D eigenvalue weighted by molar-refractivity contribution is 6.33. The number of carboxylic acid groups (broad SMARTS) is 1. The third-order valence-corrected chi connectivity index (χ3v) is 3.26. The predicted octanol–water partition coefficient (Wildman–Crippen LogP) is 3.18. The molecule has 2 rings (SSSR count). The summed E-state index contributed by atoms with van der Waals surface area (Å²) < 4.78 is 0. The average Bonchev–Trinajstić information content (AvgIpc) is 2.43. The maximum absolute atomic E-state index is 12.1. The van der Waals surface area contributed by atoms with Gasteiger partial charge in [0.25, 0.3) is 5.91 Å². The van der Waals surface area contributed by atoms with Gasteiger partial charge in [-0.05, 0) is 37.3 Å². The molecule has 0 heterocycles. The average molecular weight is 305 g/mol. The Balaban J connectivity index is 2.31. The van der Waals surface area contributed by atoms with Gasteiger partial charge >= 0.3 is 5.97 Å². The summed E-state index contributed by atoms with van der Waals surface area (Å²) in [5, 5.41) is 12.1. The minimum absolute atomic E-state index is 0.0327. The lowest BCUT2D eigenvalue weighted by Gasteiger charge is -2.10. The standard InChI is InChI=1S/C15H13ClN2O3/c1-8-2-5-13(10(6-8)15(20)21)18-14(19)9-3-4-11(16)12(17)7-9/h2-7H,17H2,1H3,(H,18,19)(H,20,21). The largest absolute Gasteiger partial charge is 0.478 e. The third kappa shape index (κ3) is 3.32. The van der Waals surface area contributed by atoms with Crippen LogP contribution in [0.4, 0.5) is 11.4 Å². The zero-order valence-electron chi connectivity index (χ0n) is 11.2. The van der Waals surface area contributed by atoms with Crippen molar-refractivity contribution in [1.29, 1.82) is 0 Å². The SMILES string of the molecule is Cc1ccc(NC(=O)c2ccc(Cl)c(N)c2)c(C(=O)O)c1. The second kappa shape index (κ2) is 5.85. The summed E-state index contributed by atoms with van der Waals surface area (Å²) in [4.78, 5) is 23.3. The topological polar surface area (TPSA) is 92.4 Å². The van der Waals surface area contributed by atoms with E-state index in [2.05, 4.69) is 5.32 Å². The van der Waals surface area contributed by atoms with Crippen molar-refractivity contribution >= 4 is 34.9 Å². The molecule has 108 valence electrons. The monoisotopic (exact) mass is 304 g/mol. The summed E-state index contributed by atoms with van der Waals surface area (Å²) in [6, 6.07) is 9.23. The Kier molecular flexibility index (Phi) is 4.14. The molecule has 6 heteroatoms. The molecule has 0 atom stereocenters. The molecule has 0 aliphatic heterocycles. The fourth-order valence-electron chi connectivity index (χ4n) is 1.82. The van der Waals surface area contributed by atoms with Crippen LogP contribution < -0.4 is 11.1 Å². The first-order valence-corrected chi connectivity index (χ1v) is 6.46. The van der Waals surface area contributed by atoms with Crippen LogP contribution in [-0.2, 0) is 0 Å². The van der Waals surface area contributed by atoms with Crippen LogP contribution in [-0.4, -0.2) is 17.0 Å². The van der Waals surface area contributed by atoms with Crippen LogP contribution in [0.1, 0.15) is 26.3 Å². The minimum Gasteiger partial charge on any atom is -0.478 e. The normalized spacial score (nSPS) is 10.2. The van der Waals surface area contributed by atoms with Gasteiger partial charge in [-0.15, -0.1) is 0 Å². The number of amides is 1. The number of nitrogen functional groups attached to an aromatic ring is 1. The number of benzene rings is 2. The number of hydrogen-bond donors (Lipinski definition) is 3. The Labute approximate surface area is 126 Å². The number of hydrogen-bond acceptors (Lipinski definition) is 3. The molecule has 0 aromatic heterocycles. The number of anilines is 2. The number of aromatic carboxylic acids is 1. The molecule has 2 aromatic carbocycles. The van der Waals surface area contributed by atoms with Gasteiger partial charge in [0, 0.05) is 5.56 Å². The zero-order chi connectivity index (χ0) is 15.6. The number of nitrogens with one attached hydrogen (secondary N) is 1. The molecule has 0 unspecified atom stereocenters. The lowest BCUT2D eigenvalue weighted by Crippen LogP contribution is -2.15. The number of carbonyl (C=O) groups is 2. The van der Waals surface area contributed by atoms with Crippen LogP contribution in [0.15, 0.2) is 36.4 Å². The van der Waals surface area contributed by atoms with Gasteiger partial charge in [-0.1, -0.05) is 23.2 Å². The van der Waals surface area contributed by atoms with Crippen LogP contribution in [0.25, 0.3) is 0 Å². The van der Waals surface area contributed by atoms with Crippen LogP contribution in [0.5, 0.6) is 0 Å². The van der Waals surface area contributed by atoms with E-state index in [-0.39, 0.29) is 16.9 Å². The smallest absolute Gasteiger partial charge is 0.337 e. The van der Waals surface area contributed by atoms with Gasteiger partial charge < -0.3 is 16.2 Å². The molecule has 0 saturated carbocycles. The summed E-state index contributed by atoms with van der Waals surface area (Å²) in [5.74, 6) is -1.56. The van der Waals surface area contributed by atoms with Crippen LogP contribution >= 0.6 is 11.6 Å². The Hall–Kier alpha value is -2.53. The van der Waals surface area contributed by atoms with Crippen molar-refractivity contribution in [3.8, 4) is 0 Å². The second-order valence-corrected chi connectivity index (χ2v) is 4.95. The fraction of sp³-hybridized carbons (Fsp3) is 0.0667. The summed E-state index contributed by atoms with van der Waals surface area (Å²) >= 11 is 5.80. The van der Waals surface area contributed by atoms with Crippen molar-refractivity contribution in [1.82, 2.24) is 0 Å². The molecule has 2 aromatic rings. The molecule has 0 bridgehead atoms. The third-order valence-electron chi connectivity index (χ3n) is 2.91. The first-order valence-electron chi connectivity index (χ1n) is 6.09. The van der Waals surface area contributed by atoms with Crippen LogP contribution in [0.3, 0.4) is 0 Å². The maximum atomic E-state index is 12.1. The summed E-state index contributed by atoms with van der Waals surface area (Å²) in [6.07, 6.45) is 0. The molecule has 0 aliphatic rings. The highest BCUT2D eigenvalue weighted by Crippen LogP contribution is 2.22. The lowest BCUT2D eigenvalue weighted by molar-refractivity contribution is 0.0698. The summed E-state index contributed by atoms with van der Waals surface area (Å²) in [7, 11) is 0. The van der Waals surface area contributed by atoms with Gasteiger partial charge in [0.2, 0.25) is 0 Å². The first kappa shape index (κ1) is 14.9. The number of carboxylic acids is 1. The van der Waals surface area contributed by atoms with Gasteiger partial charge in [-0.2, -0.15) is 0 Å². The number of carbonyl (C=O) groups excluding carboxylic acids is 1. The van der Waals surface area contributed by atoms with Crippen molar-refractivity contribution in [2.45, 2.75) is 6.92 Å². The van der Waals surface area contributed by atoms with E-state index in [0.717, 1.165) is 5.56 Å². The van der Waals surface area contributed by atoms with Crippen molar-refractivity contribution < 1.29 is 14.7 Å². The molecular weight excluding hydrogens is 292 g/mol. The molecule has 0 fully saturated rings.